The first kappa shape index (κ1) is 13.9. The van der Waals surface area contributed by atoms with Crippen molar-refractivity contribution in [3.05, 3.63) is 40.1 Å². The number of nitrogens with zero attached hydrogens (tertiary/aromatic N) is 2. The van der Waals surface area contributed by atoms with Crippen LogP contribution in [0.2, 0.25) is 0 Å². The number of rotatable bonds is 6. The molecule has 0 saturated carbocycles. The van der Waals surface area contributed by atoms with Crippen molar-refractivity contribution in [1.82, 2.24) is 20.5 Å². The maximum atomic E-state index is 11.8. The normalized spacial score (nSPS) is 10.8. The number of carbonyl (C=O) groups is 2. The number of hydrogen-bond acceptors (Lipinski definition) is 5. The maximum absolute atomic E-state index is 11.8. The van der Waals surface area contributed by atoms with E-state index in [2.05, 4.69) is 20.5 Å². The Hall–Kier alpha value is -2.48. The summed E-state index contributed by atoms with van der Waals surface area (Å²) in [5, 5.41) is 17.7. The quantitative estimate of drug-likeness (QED) is 0.687. The number of carboxylic acids is 1. The van der Waals surface area contributed by atoms with E-state index in [1.54, 1.807) is 12.1 Å². The summed E-state index contributed by atoms with van der Waals surface area (Å²) in [4.78, 5) is 27.4. The molecule has 0 aliphatic rings. The summed E-state index contributed by atoms with van der Waals surface area (Å²) in [6, 6.07) is 3.37. The number of H-pyrrole nitrogens is 1. The Bertz CT molecular complexity index is 618. The van der Waals surface area contributed by atoms with Crippen LogP contribution >= 0.6 is 11.3 Å². The Morgan fingerprint density at radius 3 is 3.00 bits per heavy atom. The molecule has 7 nitrogen and oxygen atoms in total. The van der Waals surface area contributed by atoms with Gasteiger partial charge in [0, 0.05) is 23.9 Å². The van der Waals surface area contributed by atoms with Crippen molar-refractivity contribution in [2.45, 2.75) is 6.42 Å². The van der Waals surface area contributed by atoms with Gasteiger partial charge in [0.1, 0.15) is 12.2 Å². The van der Waals surface area contributed by atoms with Crippen LogP contribution in [0, 0.1) is 0 Å². The Balaban J connectivity index is 1.84. The van der Waals surface area contributed by atoms with Gasteiger partial charge >= 0.3 is 5.97 Å². The lowest BCUT2D eigenvalue weighted by atomic mass is 10.3. The Morgan fingerprint density at radius 2 is 2.30 bits per heavy atom. The molecule has 20 heavy (non-hydrogen) atoms. The van der Waals surface area contributed by atoms with Gasteiger partial charge in [0.25, 0.3) is 5.91 Å². The molecule has 0 spiro atoms. The van der Waals surface area contributed by atoms with Gasteiger partial charge in [-0.1, -0.05) is 0 Å². The molecule has 2 heterocycles. The Morgan fingerprint density at radius 1 is 1.45 bits per heavy atom. The van der Waals surface area contributed by atoms with E-state index in [1.807, 2.05) is 0 Å². The number of hydrogen-bond donors (Lipinski definition) is 3. The molecule has 0 saturated heterocycles. The Labute approximate surface area is 118 Å². The van der Waals surface area contributed by atoms with E-state index >= 15 is 0 Å². The molecule has 0 unspecified atom stereocenters. The molecule has 1 amide bonds. The SMILES string of the molecule is O=C(O)C=Cc1ccc(C(=O)NCCc2ncn[nH]2)s1. The molecule has 2 aromatic rings. The van der Waals surface area contributed by atoms with Crippen LogP contribution in [0.1, 0.15) is 20.4 Å². The second-order valence-corrected chi connectivity index (χ2v) is 4.93. The van der Waals surface area contributed by atoms with Crippen LogP contribution < -0.4 is 5.32 Å². The first-order valence-electron chi connectivity index (χ1n) is 5.78. The van der Waals surface area contributed by atoms with Crippen LogP contribution in [0.3, 0.4) is 0 Å². The molecule has 0 aliphatic carbocycles. The summed E-state index contributed by atoms with van der Waals surface area (Å²) < 4.78 is 0. The number of carboxylic acid groups (broad SMARTS) is 1. The van der Waals surface area contributed by atoms with Gasteiger partial charge in [0.05, 0.1) is 4.88 Å². The predicted octanol–water partition coefficient (Wildman–Crippen LogP) is 0.936. The van der Waals surface area contributed by atoms with Crippen LogP contribution in [0.15, 0.2) is 24.5 Å². The molecular formula is C12H12N4O3S. The van der Waals surface area contributed by atoms with Crippen molar-refractivity contribution >= 4 is 29.3 Å². The summed E-state index contributed by atoms with van der Waals surface area (Å²) in [6.45, 7) is 0.451. The minimum atomic E-state index is -1.02. The minimum absolute atomic E-state index is 0.190. The van der Waals surface area contributed by atoms with E-state index in [1.165, 1.54) is 23.7 Å². The topological polar surface area (TPSA) is 108 Å². The van der Waals surface area contributed by atoms with Crippen molar-refractivity contribution in [2.75, 3.05) is 6.54 Å². The van der Waals surface area contributed by atoms with Gasteiger partial charge in [0.2, 0.25) is 0 Å². The number of aromatic amines is 1. The number of aliphatic carboxylic acids is 1. The third-order valence-corrected chi connectivity index (χ3v) is 3.40. The lowest BCUT2D eigenvalue weighted by molar-refractivity contribution is -0.131. The zero-order valence-electron chi connectivity index (χ0n) is 10.4. The number of carbonyl (C=O) groups excluding carboxylic acids is 1. The van der Waals surface area contributed by atoms with Crippen molar-refractivity contribution < 1.29 is 14.7 Å². The fourth-order valence-corrected chi connectivity index (χ4v) is 2.28. The summed E-state index contributed by atoms with van der Waals surface area (Å²) >= 11 is 1.23. The molecule has 0 radical (unpaired) electrons. The molecule has 2 aromatic heterocycles. The highest BCUT2D eigenvalue weighted by molar-refractivity contribution is 7.14. The van der Waals surface area contributed by atoms with Crippen LogP contribution in [0.4, 0.5) is 0 Å². The average Bonchev–Trinajstić information content (AvgIpc) is 3.07. The third-order valence-electron chi connectivity index (χ3n) is 2.35. The highest BCUT2D eigenvalue weighted by Gasteiger charge is 2.08. The molecule has 0 atom stereocenters. The Kier molecular flexibility index (Phi) is 4.61. The smallest absolute Gasteiger partial charge is 0.328 e. The van der Waals surface area contributed by atoms with Crippen LogP contribution in [-0.4, -0.2) is 38.7 Å². The van der Waals surface area contributed by atoms with Crippen LogP contribution in [0.5, 0.6) is 0 Å². The standard InChI is InChI=1S/C12H12N4O3S/c17-11(18)4-2-8-1-3-9(20-8)12(19)13-6-5-10-14-7-15-16-10/h1-4,7H,5-6H2,(H,13,19)(H,17,18)(H,14,15,16). The largest absolute Gasteiger partial charge is 0.478 e. The van der Waals surface area contributed by atoms with Gasteiger partial charge in [-0.3, -0.25) is 9.89 Å². The van der Waals surface area contributed by atoms with Crippen LogP contribution in [0.25, 0.3) is 6.08 Å². The number of aromatic nitrogens is 3. The predicted molar refractivity (Wildman–Crippen MR) is 73.4 cm³/mol. The van der Waals surface area contributed by atoms with Crippen LogP contribution in [-0.2, 0) is 11.2 Å². The minimum Gasteiger partial charge on any atom is -0.478 e. The summed E-state index contributed by atoms with van der Waals surface area (Å²) in [5.74, 6) is -0.498. The summed E-state index contributed by atoms with van der Waals surface area (Å²) in [5.41, 5.74) is 0. The van der Waals surface area contributed by atoms with Crippen molar-refractivity contribution in [3.63, 3.8) is 0 Å². The summed E-state index contributed by atoms with van der Waals surface area (Å²) in [6.07, 6.45) is 4.48. The fourth-order valence-electron chi connectivity index (χ4n) is 1.45. The molecule has 104 valence electrons. The van der Waals surface area contributed by atoms with Gasteiger partial charge < -0.3 is 10.4 Å². The second kappa shape index (κ2) is 6.62. The highest BCUT2D eigenvalue weighted by Crippen LogP contribution is 2.17. The van der Waals surface area contributed by atoms with Gasteiger partial charge in [0.15, 0.2) is 0 Å². The lowest BCUT2D eigenvalue weighted by Gasteiger charge is -2.00. The van der Waals surface area contributed by atoms with Gasteiger partial charge in [-0.25, -0.2) is 9.78 Å². The van der Waals surface area contributed by atoms with Crippen molar-refractivity contribution in [2.24, 2.45) is 0 Å². The molecule has 0 bridgehead atoms. The zero-order chi connectivity index (χ0) is 14.4. The van der Waals surface area contributed by atoms with Gasteiger partial charge in [-0.2, -0.15) is 5.10 Å². The van der Waals surface area contributed by atoms with Crippen molar-refractivity contribution in [3.8, 4) is 0 Å². The molecule has 0 aliphatic heterocycles. The lowest BCUT2D eigenvalue weighted by Crippen LogP contribution is -2.25. The fraction of sp³-hybridized carbons (Fsp3) is 0.167. The molecule has 8 heteroatoms. The maximum Gasteiger partial charge on any atom is 0.328 e. The third kappa shape index (κ3) is 4.02. The molecular weight excluding hydrogens is 280 g/mol. The van der Waals surface area contributed by atoms with E-state index in [0.717, 1.165) is 6.08 Å². The van der Waals surface area contributed by atoms with Gasteiger partial charge in [-0.15, -0.1) is 11.3 Å². The first-order valence-corrected chi connectivity index (χ1v) is 6.60. The number of nitrogens with one attached hydrogen (secondary N) is 2. The van der Waals surface area contributed by atoms with E-state index in [-0.39, 0.29) is 5.91 Å². The van der Waals surface area contributed by atoms with Crippen molar-refractivity contribution in [1.29, 1.82) is 0 Å². The monoisotopic (exact) mass is 292 g/mol. The van der Waals surface area contributed by atoms with E-state index < -0.39 is 5.97 Å². The zero-order valence-corrected chi connectivity index (χ0v) is 11.2. The number of thiophene rings is 1. The van der Waals surface area contributed by atoms with Gasteiger partial charge in [-0.05, 0) is 18.2 Å². The molecule has 0 aromatic carbocycles. The first-order chi connectivity index (χ1) is 9.65. The van der Waals surface area contributed by atoms with E-state index in [0.29, 0.717) is 28.5 Å². The average molecular weight is 292 g/mol. The second-order valence-electron chi connectivity index (χ2n) is 3.81. The number of amides is 1. The molecule has 0 fully saturated rings. The highest BCUT2D eigenvalue weighted by atomic mass is 32.1. The summed E-state index contributed by atoms with van der Waals surface area (Å²) in [7, 11) is 0. The van der Waals surface area contributed by atoms with E-state index in [4.69, 9.17) is 5.11 Å². The molecule has 3 N–H and O–H groups in total. The van der Waals surface area contributed by atoms with E-state index in [9.17, 15) is 9.59 Å². The molecule has 2 rings (SSSR count).